The minimum atomic E-state index is -0.394. The predicted octanol–water partition coefficient (Wildman–Crippen LogP) is 0.635. The number of aryl methyl sites for hydroxylation is 1. The largest absolute Gasteiger partial charge is 0.394 e. The van der Waals surface area contributed by atoms with E-state index in [9.17, 15) is 0 Å². The number of aliphatic hydroxyl groups is 1. The van der Waals surface area contributed by atoms with Gasteiger partial charge in [-0.05, 0) is 25.1 Å². The molecule has 0 bridgehead atoms. The number of rotatable bonds is 2. The fourth-order valence-corrected chi connectivity index (χ4v) is 1.45. The van der Waals surface area contributed by atoms with E-state index in [-0.39, 0.29) is 6.61 Å². The van der Waals surface area contributed by atoms with Gasteiger partial charge in [0.05, 0.1) is 23.9 Å². The van der Waals surface area contributed by atoms with Gasteiger partial charge in [0.25, 0.3) is 0 Å². The van der Waals surface area contributed by atoms with Gasteiger partial charge in [-0.1, -0.05) is 6.07 Å². The summed E-state index contributed by atoms with van der Waals surface area (Å²) in [4.78, 5) is 0. The van der Waals surface area contributed by atoms with Crippen LogP contribution in [0.4, 0.5) is 0 Å². The lowest BCUT2D eigenvalue weighted by Gasteiger charge is -2.01. The van der Waals surface area contributed by atoms with E-state index in [4.69, 9.17) is 10.8 Å². The van der Waals surface area contributed by atoms with Gasteiger partial charge in [0.2, 0.25) is 0 Å². The summed E-state index contributed by atoms with van der Waals surface area (Å²) in [6, 6.07) is 7.42. The van der Waals surface area contributed by atoms with Crippen LogP contribution in [-0.4, -0.2) is 21.3 Å². The van der Waals surface area contributed by atoms with Gasteiger partial charge in [0, 0.05) is 5.69 Å². The van der Waals surface area contributed by atoms with Crippen LogP contribution in [0.1, 0.15) is 17.4 Å². The second-order valence-corrected chi connectivity index (χ2v) is 3.36. The van der Waals surface area contributed by atoms with Crippen molar-refractivity contribution in [2.75, 3.05) is 6.61 Å². The number of hydrogen-bond acceptors (Lipinski definition) is 3. The Labute approximate surface area is 82.0 Å². The van der Waals surface area contributed by atoms with Gasteiger partial charge >= 0.3 is 0 Å². The average molecular weight is 191 g/mol. The van der Waals surface area contributed by atoms with E-state index in [1.807, 2.05) is 35.7 Å². The van der Waals surface area contributed by atoms with Crippen molar-refractivity contribution >= 4 is 5.52 Å². The van der Waals surface area contributed by atoms with E-state index >= 15 is 0 Å². The molecule has 3 N–H and O–H groups in total. The summed E-state index contributed by atoms with van der Waals surface area (Å²) in [5.74, 6) is 0. The molecule has 2 aromatic rings. The van der Waals surface area contributed by atoms with Crippen LogP contribution in [0.3, 0.4) is 0 Å². The highest BCUT2D eigenvalue weighted by Gasteiger charge is 2.09. The minimum Gasteiger partial charge on any atom is -0.394 e. The Balaban J connectivity index is 2.56. The van der Waals surface area contributed by atoms with E-state index in [1.54, 1.807) is 0 Å². The van der Waals surface area contributed by atoms with Gasteiger partial charge in [0.1, 0.15) is 0 Å². The van der Waals surface area contributed by atoms with E-state index < -0.39 is 6.04 Å². The van der Waals surface area contributed by atoms with Crippen LogP contribution in [0.25, 0.3) is 5.52 Å². The molecule has 0 aliphatic heterocycles. The minimum absolute atomic E-state index is 0.0804. The monoisotopic (exact) mass is 191 g/mol. The third-order valence-electron chi connectivity index (χ3n) is 2.27. The smallest absolute Gasteiger partial charge is 0.0825 e. The lowest BCUT2D eigenvalue weighted by atomic mass is 10.2. The Hall–Kier alpha value is -1.39. The molecule has 0 aliphatic rings. The number of aromatic nitrogens is 2. The van der Waals surface area contributed by atoms with Crippen molar-refractivity contribution in [3.05, 3.63) is 35.7 Å². The van der Waals surface area contributed by atoms with E-state index in [0.29, 0.717) is 0 Å². The van der Waals surface area contributed by atoms with Crippen molar-refractivity contribution in [1.82, 2.24) is 9.61 Å². The molecule has 0 spiro atoms. The van der Waals surface area contributed by atoms with Crippen molar-refractivity contribution < 1.29 is 5.11 Å². The van der Waals surface area contributed by atoms with Crippen LogP contribution in [0.2, 0.25) is 0 Å². The second kappa shape index (κ2) is 3.40. The van der Waals surface area contributed by atoms with E-state index in [2.05, 4.69) is 5.10 Å². The van der Waals surface area contributed by atoms with E-state index in [1.165, 1.54) is 0 Å². The SMILES string of the molecule is Cc1cccc2cc(C(N)CO)nn12. The highest BCUT2D eigenvalue weighted by Crippen LogP contribution is 2.13. The van der Waals surface area contributed by atoms with Crippen LogP contribution < -0.4 is 5.73 Å². The van der Waals surface area contributed by atoms with Crippen LogP contribution >= 0.6 is 0 Å². The first-order valence-electron chi connectivity index (χ1n) is 4.54. The van der Waals surface area contributed by atoms with Gasteiger partial charge in [-0.3, -0.25) is 0 Å². The lowest BCUT2D eigenvalue weighted by Crippen LogP contribution is -2.15. The van der Waals surface area contributed by atoms with Crippen molar-refractivity contribution in [3.8, 4) is 0 Å². The molecule has 2 aromatic heterocycles. The molecule has 0 radical (unpaired) electrons. The first-order chi connectivity index (χ1) is 6.72. The molecule has 4 nitrogen and oxygen atoms in total. The third-order valence-corrected chi connectivity index (χ3v) is 2.27. The predicted molar refractivity (Wildman–Crippen MR) is 53.9 cm³/mol. The topological polar surface area (TPSA) is 63.5 Å². The summed E-state index contributed by atoms with van der Waals surface area (Å²) in [7, 11) is 0. The fourth-order valence-electron chi connectivity index (χ4n) is 1.45. The molecule has 2 rings (SSSR count). The summed E-state index contributed by atoms with van der Waals surface area (Å²) >= 11 is 0. The molecular formula is C10H13N3O. The number of aliphatic hydroxyl groups excluding tert-OH is 1. The standard InChI is InChI=1S/C10H13N3O/c1-7-3-2-4-8-5-10(9(11)6-14)12-13(7)8/h2-5,9,14H,6,11H2,1H3. The van der Waals surface area contributed by atoms with Gasteiger partial charge in [-0.15, -0.1) is 0 Å². The Morgan fingerprint density at radius 3 is 3.00 bits per heavy atom. The van der Waals surface area contributed by atoms with Crippen molar-refractivity contribution in [2.24, 2.45) is 5.73 Å². The zero-order chi connectivity index (χ0) is 10.1. The maximum absolute atomic E-state index is 8.91. The summed E-state index contributed by atoms with van der Waals surface area (Å²) in [5, 5.41) is 13.2. The van der Waals surface area contributed by atoms with Crippen molar-refractivity contribution in [3.63, 3.8) is 0 Å². The first-order valence-corrected chi connectivity index (χ1v) is 4.54. The average Bonchev–Trinajstić information content (AvgIpc) is 2.62. The molecule has 0 aromatic carbocycles. The Kier molecular flexibility index (Phi) is 2.23. The number of nitrogens with two attached hydrogens (primary N) is 1. The summed E-state index contributed by atoms with van der Waals surface area (Å²) in [6.07, 6.45) is 0. The van der Waals surface area contributed by atoms with Crippen LogP contribution in [0, 0.1) is 6.92 Å². The number of pyridine rings is 1. The number of hydrogen-bond donors (Lipinski definition) is 2. The lowest BCUT2D eigenvalue weighted by molar-refractivity contribution is 0.265. The molecule has 0 aliphatic carbocycles. The van der Waals surface area contributed by atoms with Gasteiger partial charge in [-0.25, -0.2) is 4.52 Å². The Morgan fingerprint density at radius 2 is 2.36 bits per heavy atom. The molecule has 2 heterocycles. The molecule has 0 amide bonds. The van der Waals surface area contributed by atoms with E-state index in [0.717, 1.165) is 16.9 Å². The van der Waals surface area contributed by atoms with Crippen molar-refractivity contribution in [1.29, 1.82) is 0 Å². The van der Waals surface area contributed by atoms with Crippen molar-refractivity contribution in [2.45, 2.75) is 13.0 Å². The number of fused-ring (bicyclic) bond motifs is 1. The molecule has 1 atom stereocenters. The van der Waals surface area contributed by atoms with Crippen LogP contribution in [-0.2, 0) is 0 Å². The van der Waals surface area contributed by atoms with Gasteiger partial charge in [0.15, 0.2) is 0 Å². The maximum Gasteiger partial charge on any atom is 0.0825 e. The molecule has 14 heavy (non-hydrogen) atoms. The second-order valence-electron chi connectivity index (χ2n) is 3.36. The van der Waals surface area contributed by atoms with Gasteiger partial charge < -0.3 is 10.8 Å². The summed E-state index contributed by atoms with van der Waals surface area (Å²) < 4.78 is 1.82. The quantitative estimate of drug-likeness (QED) is 0.732. The molecule has 4 heteroatoms. The molecular weight excluding hydrogens is 178 g/mol. The summed E-state index contributed by atoms with van der Waals surface area (Å²) in [6.45, 7) is 1.90. The third kappa shape index (κ3) is 1.38. The van der Waals surface area contributed by atoms with Crippen LogP contribution in [0.5, 0.6) is 0 Å². The zero-order valence-corrected chi connectivity index (χ0v) is 8.01. The van der Waals surface area contributed by atoms with Crippen LogP contribution in [0.15, 0.2) is 24.3 Å². The van der Waals surface area contributed by atoms with Gasteiger partial charge in [-0.2, -0.15) is 5.10 Å². The first kappa shape index (κ1) is 9.18. The molecule has 1 unspecified atom stereocenters. The maximum atomic E-state index is 8.91. The molecule has 0 saturated heterocycles. The highest BCUT2D eigenvalue weighted by atomic mass is 16.3. The highest BCUT2D eigenvalue weighted by molar-refractivity contribution is 5.48. The molecule has 0 fully saturated rings. The fraction of sp³-hybridized carbons (Fsp3) is 0.300. The Morgan fingerprint density at radius 1 is 1.57 bits per heavy atom. The Bertz CT molecular complexity index is 450. The zero-order valence-electron chi connectivity index (χ0n) is 8.01. The molecule has 74 valence electrons. The summed E-state index contributed by atoms with van der Waals surface area (Å²) in [5.41, 5.74) is 8.46. The molecule has 0 saturated carbocycles. The normalized spacial score (nSPS) is 13.4. The number of nitrogens with zero attached hydrogens (tertiary/aromatic N) is 2.